The number of hydrogen-bond acceptors (Lipinski definition) is 5. The van der Waals surface area contributed by atoms with Crippen LogP contribution in [0.15, 0.2) is 36.5 Å². The van der Waals surface area contributed by atoms with Crippen molar-refractivity contribution >= 4 is 5.95 Å². The highest BCUT2D eigenvalue weighted by Crippen LogP contribution is 2.14. The molecule has 4 N–H and O–H groups in total. The fraction of sp³-hybridized carbons (Fsp3) is 0.550. The summed E-state index contributed by atoms with van der Waals surface area (Å²) in [4.78, 5) is 0. The number of aryl methyl sites for hydroxylation is 2. The van der Waals surface area contributed by atoms with Crippen LogP contribution < -0.4 is 11.1 Å². The molecule has 1 unspecified atom stereocenters. The van der Waals surface area contributed by atoms with Crippen LogP contribution >= 0.6 is 0 Å². The number of H-pyrrole nitrogens is 1. The molecule has 2 rings (SSSR count). The summed E-state index contributed by atoms with van der Waals surface area (Å²) in [5.74, 6) is 0.393. The number of hydrogen-bond donors (Lipinski definition) is 3. The molecule has 1 heterocycles. The molecule has 26 heavy (non-hydrogen) atoms. The maximum atomic E-state index is 6.18. The second-order valence-electron chi connectivity index (χ2n) is 6.87. The zero-order valence-electron chi connectivity index (χ0n) is 15.9. The Labute approximate surface area is 156 Å². The first-order valence-corrected chi connectivity index (χ1v) is 9.71. The van der Waals surface area contributed by atoms with E-state index >= 15 is 0 Å². The molecular formula is C20H32N6. The van der Waals surface area contributed by atoms with Gasteiger partial charge in [-0.05, 0) is 42.0 Å². The van der Waals surface area contributed by atoms with Crippen LogP contribution in [0.4, 0.5) is 5.95 Å². The van der Waals surface area contributed by atoms with E-state index in [2.05, 4.69) is 63.7 Å². The Bertz CT molecular complexity index is 620. The lowest BCUT2D eigenvalue weighted by Crippen LogP contribution is -2.27. The van der Waals surface area contributed by atoms with E-state index in [-0.39, 0.29) is 6.04 Å². The highest BCUT2D eigenvalue weighted by Gasteiger charge is 2.09. The van der Waals surface area contributed by atoms with Crippen molar-refractivity contribution < 1.29 is 0 Å². The van der Waals surface area contributed by atoms with Gasteiger partial charge in [0.25, 0.3) is 5.95 Å². The maximum Gasteiger partial charge on any atom is 0.267 e. The summed E-state index contributed by atoms with van der Waals surface area (Å²) in [7, 11) is 0. The third kappa shape index (κ3) is 7.35. The lowest BCUT2D eigenvalue weighted by atomic mass is 10.0. The largest absolute Gasteiger partial charge is 0.324 e. The molecule has 0 aliphatic heterocycles. The third-order valence-electron chi connectivity index (χ3n) is 4.65. The lowest BCUT2D eigenvalue weighted by molar-refractivity contribution is 0.607. The Kier molecular flexibility index (Phi) is 8.83. The van der Waals surface area contributed by atoms with Crippen molar-refractivity contribution in [2.45, 2.75) is 70.8 Å². The van der Waals surface area contributed by atoms with Crippen LogP contribution in [-0.2, 0) is 12.8 Å². The molecule has 0 saturated heterocycles. The zero-order valence-corrected chi connectivity index (χ0v) is 15.9. The highest BCUT2D eigenvalue weighted by molar-refractivity contribution is 5.32. The molecule has 0 fully saturated rings. The molecule has 0 spiro atoms. The SMILES string of the molecule is C=C(Nc1nn[nH]n1)C(N)CCc1ccc(CCCCCCCC)cc1. The number of anilines is 1. The number of unbranched alkanes of at least 4 members (excludes halogenated alkanes) is 5. The number of rotatable bonds is 13. The number of aromatic nitrogens is 4. The van der Waals surface area contributed by atoms with Crippen molar-refractivity contribution in [3.63, 3.8) is 0 Å². The predicted molar refractivity (Wildman–Crippen MR) is 107 cm³/mol. The topological polar surface area (TPSA) is 92.5 Å². The van der Waals surface area contributed by atoms with E-state index in [1.165, 1.54) is 56.1 Å². The van der Waals surface area contributed by atoms with Gasteiger partial charge in [0.2, 0.25) is 0 Å². The van der Waals surface area contributed by atoms with Gasteiger partial charge in [-0.15, -0.1) is 5.10 Å². The molecule has 142 valence electrons. The molecular weight excluding hydrogens is 324 g/mol. The Balaban J connectivity index is 1.65. The van der Waals surface area contributed by atoms with Gasteiger partial charge in [-0.1, -0.05) is 75.0 Å². The number of tetrazole rings is 1. The van der Waals surface area contributed by atoms with Crippen LogP contribution in [0.25, 0.3) is 0 Å². The number of nitrogens with zero attached hydrogens (tertiary/aromatic N) is 3. The van der Waals surface area contributed by atoms with Crippen molar-refractivity contribution in [2.75, 3.05) is 5.32 Å². The van der Waals surface area contributed by atoms with E-state index in [0.29, 0.717) is 11.6 Å². The first-order valence-electron chi connectivity index (χ1n) is 9.71. The minimum absolute atomic E-state index is 0.156. The van der Waals surface area contributed by atoms with Gasteiger partial charge in [0.1, 0.15) is 0 Å². The molecule has 2 aromatic rings. The Hall–Kier alpha value is -2.21. The van der Waals surface area contributed by atoms with Gasteiger partial charge in [0, 0.05) is 11.7 Å². The van der Waals surface area contributed by atoms with Gasteiger partial charge in [-0.25, -0.2) is 0 Å². The molecule has 1 aromatic heterocycles. The molecule has 1 aromatic carbocycles. The van der Waals surface area contributed by atoms with E-state index < -0.39 is 0 Å². The van der Waals surface area contributed by atoms with Crippen LogP contribution in [0.2, 0.25) is 0 Å². The third-order valence-corrected chi connectivity index (χ3v) is 4.65. The van der Waals surface area contributed by atoms with Gasteiger partial charge < -0.3 is 11.1 Å². The first-order chi connectivity index (χ1) is 12.7. The number of aromatic amines is 1. The van der Waals surface area contributed by atoms with Crippen molar-refractivity contribution in [3.05, 3.63) is 47.7 Å². The van der Waals surface area contributed by atoms with Gasteiger partial charge in [-0.3, -0.25) is 0 Å². The molecule has 0 radical (unpaired) electrons. The van der Waals surface area contributed by atoms with E-state index in [1.54, 1.807) is 0 Å². The van der Waals surface area contributed by atoms with E-state index in [0.717, 1.165) is 12.8 Å². The summed E-state index contributed by atoms with van der Waals surface area (Å²) in [6.07, 6.45) is 11.0. The summed E-state index contributed by atoms with van der Waals surface area (Å²) in [6, 6.07) is 8.78. The molecule has 0 bridgehead atoms. The van der Waals surface area contributed by atoms with Gasteiger partial charge in [0.15, 0.2) is 0 Å². The second-order valence-corrected chi connectivity index (χ2v) is 6.87. The summed E-state index contributed by atoms with van der Waals surface area (Å²) >= 11 is 0. The molecule has 0 aliphatic rings. The van der Waals surface area contributed by atoms with Crippen LogP contribution in [0.5, 0.6) is 0 Å². The molecule has 1 atom stereocenters. The number of nitrogens with one attached hydrogen (secondary N) is 2. The monoisotopic (exact) mass is 356 g/mol. The summed E-state index contributed by atoms with van der Waals surface area (Å²) in [6.45, 7) is 6.22. The summed E-state index contributed by atoms with van der Waals surface area (Å²) < 4.78 is 0. The minimum Gasteiger partial charge on any atom is -0.324 e. The Morgan fingerprint density at radius 1 is 1.08 bits per heavy atom. The van der Waals surface area contributed by atoms with Gasteiger partial charge in [0.05, 0.1) is 0 Å². The Morgan fingerprint density at radius 3 is 2.38 bits per heavy atom. The van der Waals surface area contributed by atoms with Crippen molar-refractivity contribution in [2.24, 2.45) is 5.73 Å². The van der Waals surface area contributed by atoms with Crippen molar-refractivity contribution in [1.82, 2.24) is 20.6 Å². The molecule has 6 heteroatoms. The van der Waals surface area contributed by atoms with Crippen LogP contribution in [0.3, 0.4) is 0 Å². The quantitative estimate of drug-likeness (QED) is 0.472. The van der Waals surface area contributed by atoms with Crippen LogP contribution in [-0.4, -0.2) is 26.7 Å². The first kappa shape index (κ1) is 20.1. The molecule has 0 aliphatic carbocycles. The van der Waals surface area contributed by atoms with Crippen LogP contribution in [0, 0.1) is 0 Å². The fourth-order valence-corrected chi connectivity index (χ4v) is 2.93. The number of benzene rings is 1. The normalized spacial score (nSPS) is 12.1. The van der Waals surface area contributed by atoms with Gasteiger partial charge in [-0.2, -0.15) is 5.21 Å². The van der Waals surface area contributed by atoms with E-state index in [4.69, 9.17) is 5.73 Å². The van der Waals surface area contributed by atoms with E-state index in [9.17, 15) is 0 Å². The average molecular weight is 357 g/mol. The smallest absolute Gasteiger partial charge is 0.267 e. The highest BCUT2D eigenvalue weighted by atomic mass is 15.5. The summed E-state index contributed by atoms with van der Waals surface area (Å²) in [5, 5.41) is 16.5. The molecule has 6 nitrogen and oxygen atoms in total. The van der Waals surface area contributed by atoms with E-state index in [1.807, 2.05) is 0 Å². The zero-order chi connectivity index (χ0) is 18.6. The average Bonchev–Trinajstić information content (AvgIpc) is 3.16. The minimum atomic E-state index is -0.156. The van der Waals surface area contributed by atoms with Crippen LogP contribution in [0.1, 0.15) is 63.0 Å². The van der Waals surface area contributed by atoms with Crippen molar-refractivity contribution in [3.8, 4) is 0 Å². The number of nitrogens with two attached hydrogens (primary N) is 1. The van der Waals surface area contributed by atoms with Gasteiger partial charge >= 0.3 is 0 Å². The Morgan fingerprint density at radius 2 is 1.73 bits per heavy atom. The maximum absolute atomic E-state index is 6.18. The second kappa shape index (κ2) is 11.4. The molecule has 0 saturated carbocycles. The standard InChI is InChI=1S/C20H32N6/c1-3-4-5-6-7-8-9-17-10-12-18(13-11-17)14-15-19(21)16(2)22-20-23-25-26-24-20/h10-13,19H,2-9,14-15,21H2,1H3,(H2,22,23,24,25,26). The fourth-order valence-electron chi connectivity index (χ4n) is 2.93. The molecule has 0 amide bonds. The summed E-state index contributed by atoms with van der Waals surface area (Å²) in [5.41, 5.74) is 9.61. The van der Waals surface area contributed by atoms with Crippen molar-refractivity contribution in [1.29, 1.82) is 0 Å². The lowest BCUT2D eigenvalue weighted by Gasteiger charge is -2.14. The predicted octanol–water partition coefficient (Wildman–Crippen LogP) is 3.99.